The van der Waals surface area contributed by atoms with E-state index >= 15 is 0 Å². The van der Waals surface area contributed by atoms with Gasteiger partial charge in [-0.2, -0.15) is 0 Å². The Morgan fingerprint density at radius 2 is 1.58 bits per heavy atom. The summed E-state index contributed by atoms with van der Waals surface area (Å²) in [5.74, 6) is -3.00. The summed E-state index contributed by atoms with van der Waals surface area (Å²) < 4.78 is 10.8. The van der Waals surface area contributed by atoms with Crippen molar-refractivity contribution in [3.8, 4) is 0 Å². The second kappa shape index (κ2) is 8.15. The first-order chi connectivity index (χ1) is 12.1. The number of carbonyl (C=O) groups is 4. The SMILES string of the molecule is O=C(CP(=O)(O)O)NCC(=O)N1CCC[C@H]1C(=O)N1CCC[C@H]1C(=O)O. The lowest BCUT2D eigenvalue weighted by Gasteiger charge is -2.30. The Labute approximate surface area is 149 Å². The molecule has 2 aliphatic rings. The fraction of sp³-hybridized carbons (Fsp3) is 0.714. The molecule has 2 atom stereocenters. The van der Waals surface area contributed by atoms with Crippen LogP contribution in [-0.4, -0.2) is 86.3 Å². The number of nitrogens with zero attached hydrogens (tertiary/aromatic N) is 2. The number of amides is 3. The summed E-state index contributed by atoms with van der Waals surface area (Å²) in [5, 5.41) is 11.3. The molecule has 0 radical (unpaired) electrons. The number of carboxylic acid groups (broad SMARTS) is 1. The first-order valence-corrected chi connectivity index (χ1v) is 10.0. The standard InChI is InChI=1S/C14H22N3O8P/c18-11(8-26(23,24)25)15-7-12(19)16-5-1-3-9(16)13(20)17-6-2-4-10(17)14(21)22/h9-10H,1-8H2,(H,15,18)(H,21,22)(H2,23,24,25)/t9-,10-/m0/s1. The third-order valence-electron chi connectivity index (χ3n) is 4.47. The molecule has 2 fully saturated rings. The maximum Gasteiger partial charge on any atom is 0.334 e. The molecule has 0 aromatic heterocycles. The third-order valence-corrected chi connectivity index (χ3v) is 5.16. The van der Waals surface area contributed by atoms with Gasteiger partial charge in [-0.1, -0.05) is 0 Å². The van der Waals surface area contributed by atoms with Crippen LogP contribution in [0, 0.1) is 0 Å². The van der Waals surface area contributed by atoms with Gasteiger partial charge in [0.05, 0.1) is 6.54 Å². The number of aliphatic carboxylic acids is 1. The number of nitrogens with one attached hydrogen (secondary N) is 1. The normalized spacial score (nSPS) is 23.2. The molecular weight excluding hydrogens is 369 g/mol. The van der Waals surface area contributed by atoms with Crippen LogP contribution in [0.15, 0.2) is 0 Å². The summed E-state index contributed by atoms with van der Waals surface area (Å²) in [6.45, 7) is 0.146. The van der Waals surface area contributed by atoms with Crippen molar-refractivity contribution in [3.05, 3.63) is 0 Å². The predicted octanol–water partition coefficient (Wildman–Crippen LogP) is -1.65. The van der Waals surface area contributed by atoms with Crippen LogP contribution in [0.5, 0.6) is 0 Å². The molecular formula is C14H22N3O8P. The van der Waals surface area contributed by atoms with Crippen molar-refractivity contribution >= 4 is 31.3 Å². The highest BCUT2D eigenvalue weighted by Gasteiger charge is 2.42. The number of rotatable bonds is 6. The van der Waals surface area contributed by atoms with Gasteiger partial charge < -0.3 is 30.0 Å². The number of carboxylic acids is 1. The van der Waals surface area contributed by atoms with Crippen LogP contribution in [0.2, 0.25) is 0 Å². The van der Waals surface area contributed by atoms with E-state index in [9.17, 15) is 28.8 Å². The molecule has 12 heteroatoms. The van der Waals surface area contributed by atoms with E-state index in [0.717, 1.165) is 0 Å². The highest BCUT2D eigenvalue weighted by Crippen LogP contribution is 2.33. The number of likely N-dealkylation sites (tertiary alicyclic amines) is 2. The lowest BCUT2D eigenvalue weighted by atomic mass is 10.1. The molecule has 3 amide bonds. The number of carbonyl (C=O) groups excluding carboxylic acids is 3. The minimum absolute atomic E-state index is 0.301. The average Bonchev–Trinajstić information content (AvgIpc) is 3.19. The Balaban J connectivity index is 1.95. The number of hydrogen-bond donors (Lipinski definition) is 4. The van der Waals surface area contributed by atoms with Gasteiger partial charge in [0.15, 0.2) is 0 Å². The quantitative estimate of drug-likeness (QED) is 0.391. The van der Waals surface area contributed by atoms with Gasteiger partial charge in [-0.15, -0.1) is 0 Å². The van der Waals surface area contributed by atoms with Crippen LogP contribution in [-0.2, 0) is 23.7 Å². The fourth-order valence-electron chi connectivity index (χ4n) is 3.32. The summed E-state index contributed by atoms with van der Waals surface area (Å²) in [6.07, 6.45) is 0.923. The van der Waals surface area contributed by atoms with Gasteiger partial charge in [0.2, 0.25) is 17.7 Å². The zero-order valence-electron chi connectivity index (χ0n) is 14.0. The highest BCUT2D eigenvalue weighted by molar-refractivity contribution is 7.52. The minimum Gasteiger partial charge on any atom is -0.480 e. The van der Waals surface area contributed by atoms with Crippen molar-refractivity contribution in [2.45, 2.75) is 37.8 Å². The molecule has 26 heavy (non-hydrogen) atoms. The molecule has 2 aliphatic heterocycles. The second-order valence-electron chi connectivity index (χ2n) is 6.37. The summed E-state index contributed by atoms with van der Waals surface area (Å²) in [7, 11) is -4.52. The van der Waals surface area contributed by atoms with Gasteiger partial charge in [-0.25, -0.2) is 4.79 Å². The first-order valence-electron chi connectivity index (χ1n) is 8.24. The smallest absolute Gasteiger partial charge is 0.334 e. The van der Waals surface area contributed by atoms with E-state index in [2.05, 4.69) is 5.32 Å². The molecule has 0 unspecified atom stereocenters. The van der Waals surface area contributed by atoms with Gasteiger partial charge >= 0.3 is 13.6 Å². The lowest BCUT2D eigenvalue weighted by Crippen LogP contribution is -2.52. The van der Waals surface area contributed by atoms with E-state index in [1.165, 1.54) is 9.80 Å². The molecule has 0 bridgehead atoms. The summed E-state index contributed by atoms with van der Waals surface area (Å²) in [4.78, 5) is 67.7. The van der Waals surface area contributed by atoms with Crippen molar-refractivity contribution in [3.63, 3.8) is 0 Å². The van der Waals surface area contributed by atoms with E-state index in [0.29, 0.717) is 38.8 Å². The predicted molar refractivity (Wildman–Crippen MR) is 87.0 cm³/mol. The van der Waals surface area contributed by atoms with E-state index < -0.39 is 56.1 Å². The third kappa shape index (κ3) is 5.03. The monoisotopic (exact) mass is 391 g/mol. The summed E-state index contributed by atoms with van der Waals surface area (Å²) in [6, 6.07) is -1.66. The molecule has 2 heterocycles. The minimum atomic E-state index is -4.52. The van der Waals surface area contributed by atoms with Crippen LogP contribution in [0.25, 0.3) is 0 Å². The van der Waals surface area contributed by atoms with E-state index in [-0.39, 0.29) is 0 Å². The van der Waals surface area contributed by atoms with Gasteiger partial charge in [0.1, 0.15) is 18.2 Å². The Bertz CT molecular complexity index is 648. The van der Waals surface area contributed by atoms with E-state index in [4.69, 9.17) is 9.79 Å². The Morgan fingerprint density at radius 1 is 1.00 bits per heavy atom. The molecule has 0 saturated carbocycles. The Kier molecular flexibility index (Phi) is 6.38. The summed E-state index contributed by atoms with van der Waals surface area (Å²) in [5.41, 5.74) is 0. The molecule has 0 spiro atoms. The van der Waals surface area contributed by atoms with Gasteiger partial charge in [0.25, 0.3) is 0 Å². The molecule has 0 aromatic carbocycles. The molecule has 11 nitrogen and oxygen atoms in total. The van der Waals surface area contributed by atoms with E-state index in [1.807, 2.05) is 0 Å². The zero-order chi connectivity index (χ0) is 19.5. The van der Waals surface area contributed by atoms with Crippen LogP contribution in [0.1, 0.15) is 25.7 Å². The molecule has 0 aliphatic carbocycles. The van der Waals surface area contributed by atoms with Gasteiger partial charge in [-0.05, 0) is 25.7 Å². The van der Waals surface area contributed by atoms with Crippen LogP contribution in [0.3, 0.4) is 0 Å². The molecule has 2 rings (SSSR count). The van der Waals surface area contributed by atoms with Crippen LogP contribution < -0.4 is 5.32 Å². The second-order valence-corrected chi connectivity index (χ2v) is 8.02. The zero-order valence-corrected chi connectivity index (χ0v) is 14.9. The number of hydrogen-bond acceptors (Lipinski definition) is 5. The topological polar surface area (TPSA) is 165 Å². The lowest BCUT2D eigenvalue weighted by molar-refractivity contribution is -0.151. The van der Waals surface area contributed by atoms with Gasteiger partial charge in [-0.3, -0.25) is 18.9 Å². The van der Waals surface area contributed by atoms with Crippen molar-refractivity contribution in [2.24, 2.45) is 0 Å². The Morgan fingerprint density at radius 3 is 2.15 bits per heavy atom. The van der Waals surface area contributed by atoms with E-state index in [1.54, 1.807) is 0 Å². The van der Waals surface area contributed by atoms with Crippen molar-refractivity contribution < 1.29 is 38.6 Å². The maximum absolute atomic E-state index is 12.7. The highest BCUT2D eigenvalue weighted by atomic mass is 31.2. The van der Waals surface area contributed by atoms with Crippen molar-refractivity contribution in [2.75, 3.05) is 25.8 Å². The summed E-state index contributed by atoms with van der Waals surface area (Å²) >= 11 is 0. The molecule has 0 aromatic rings. The van der Waals surface area contributed by atoms with Crippen molar-refractivity contribution in [1.82, 2.24) is 15.1 Å². The fourth-order valence-corrected chi connectivity index (χ4v) is 3.81. The molecule has 146 valence electrons. The molecule has 4 N–H and O–H groups in total. The van der Waals surface area contributed by atoms with Crippen LogP contribution in [0.4, 0.5) is 0 Å². The maximum atomic E-state index is 12.7. The van der Waals surface area contributed by atoms with Crippen molar-refractivity contribution in [1.29, 1.82) is 0 Å². The first kappa shape index (κ1) is 20.3. The largest absolute Gasteiger partial charge is 0.480 e. The molecule has 2 saturated heterocycles. The van der Waals surface area contributed by atoms with Crippen LogP contribution >= 0.6 is 7.60 Å². The van der Waals surface area contributed by atoms with Gasteiger partial charge in [0, 0.05) is 13.1 Å². The Hall–Kier alpha value is -1.97. The average molecular weight is 391 g/mol.